The van der Waals surface area contributed by atoms with E-state index in [1.54, 1.807) is 6.20 Å². The third kappa shape index (κ3) is 4.90. The molecule has 0 saturated heterocycles. The van der Waals surface area contributed by atoms with E-state index in [-0.39, 0.29) is 6.04 Å². The van der Waals surface area contributed by atoms with E-state index in [2.05, 4.69) is 61.6 Å². The van der Waals surface area contributed by atoms with Gasteiger partial charge in [0.2, 0.25) is 0 Å². The number of benzene rings is 1. The van der Waals surface area contributed by atoms with Gasteiger partial charge in [-0.2, -0.15) is 0 Å². The van der Waals surface area contributed by atoms with Crippen LogP contribution in [0.3, 0.4) is 0 Å². The number of allylic oxidation sites excluding steroid dienone is 1. The SMILES string of the molecule is C=Cc1c(C)cccc1CCc1cccnc1C(C=CN)=NC(C)C. The van der Waals surface area contributed by atoms with Crippen LogP contribution in [0.1, 0.15) is 41.8 Å². The van der Waals surface area contributed by atoms with Crippen LogP contribution in [-0.4, -0.2) is 16.7 Å². The van der Waals surface area contributed by atoms with Crippen LogP contribution in [0.2, 0.25) is 0 Å². The summed E-state index contributed by atoms with van der Waals surface area (Å²) in [7, 11) is 0. The minimum absolute atomic E-state index is 0.185. The normalized spacial score (nSPS) is 12.1. The number of pyridine rings is 1. The van der Waals surface area contributed by atoms with E-state index in [0.29, 0.717) is 0 Å². The van der Waals surface area contributed by atoms with Crippen molar-refractivity contribution >= 4 is 11.8 Å². The largest absolute Gasteiger partial charge is 0.405 e. The first kappa shape index (κ1) is 18.7. The van der Waals surface area contributed by atoms with Crippen molar-refractivity contribution in [1.29, 1.82) is 0 Å². The lowest BCUT2D eigenvalue weighted by Crippen LogP contribution is -2.10. The zero-order chi connectivity index (χ0) is 18.2. The molecule has 0 aliphatic rings. The number of rotatable bonds is 7. The van der Waals surface area contributed by atoms with Crippen LogP contribution in [-0.2, 0) is 12.8 Å². The van der Waals surface area contributed by atoms with Gasteiger partial charge in [-0.15, -0.1) is 0 Å². The molecule has 0 saturated carbocycles. The monoisotopic (exact) mass is 333 g/mol. The van der Waals surface area contributed by atoms with E-state index in [0.717, 1.165) is 24.2 Å². The standard InChI is InChI=1S/C22H27N3/c1-5-20-17(4)8-6-9-18(20)11-12-19-10-7-15-24-22(19)21(13-14-23)25-16(2)3/h5-10,13-16H,1,11-12,23H2,2-4H3. The maximum absolute atomic E-state index is 5.61. The lowest BCUT2D eigenvalue weighted by molar-refractivity contribution is 0.835. The second-order valence-electron chi connectivity index (χ2n) is 6.33. The van der Waals surface area contributed by atoms with Gasteiger partial charge in [-0.3, -0.25) is 9.98 Å². The first-order chi connectivity index (χ1) is 12.1. The van der Waals surface area contributed by atoms with Crippen molar-refractivity contribution in [2.45, 2.75) is 39.7 Å². The average Bonchev–Trinajstić information content (AvgIpc) is 2.59. The Kier molecular flexibility index (Phi) is 6.70. The molecule has 0 atom stereocenters. The Morgan fingerprint density at radius 1 is 1.20 bits per heavy atom. The van der Waals surface area contributed by atoms with Crippen molar-refractivity contribution in [1.82, 2.24) is 4.98 Å². The van der Waals surface area contributed by atoms with Crippen molar-refractivity contribution in [3.63, 3.8) is 0 Å². The number of aryl methyl sites for hydroxylation is 3. The topological polar surface area (TPSA) is 51.3 Å². The molecule has 3 nitrogen and oxygen atoms in total. The van der Waals surface area contributed by atoms with Crippen molar-refractivity contribution < 1.29 is 0 Å². The number of hydrogen-bond donors (Lipinski definition) is 1. The second-order valence-corrected chi connectivity index (χ2v) is 6.33. The Labute approximate surface area is 151 Å². The molecule has 25 heavy (non-hydrogen) atoms. The zero-order valence-electron chi connectivity index (χ0n) is 15.4. The molecule has 1 aromatic heterocycles. The van der Waals surface area contributed by atoms with Crippen LogP contribution >= 0.6 is 0 Å². The van der Waals surface area contributed by atoms with Gasteiger partial charge in [0.05, 0.1) is 11.4 Å². The number of nitrogens with zero attached hydrogens (tertiary/aromatic N) is 2. The molecule has 2 aromatic rings. The maximum Gasteiger partial charge on any atom is 0.0914 e. The van der Waals surface area contributed by atoms with Gasteiger partial charge in [0, 0.05) is 12.2 Å². The van der Waals surface area contributed by atoms with Crippen molar-refractivity contribution in [2.75, 3.05) is 0 Å². The Balaban J connectivity index is 2.33. The number of hydrogen-bond acceptors (Lipinski definition) is 3. The van der Waals surface area contributed by atoms with Gasteiger partial charge in [-0.1, -0.05) is 36.9 Å². The predicted octanol–water partition coefficient (Wildman–Crippen LogP) is 4.49. The second kappa shape index (κ2) is 8.97. The van der Waals surface area contributed by atoms with Crippen LogP contribution in [0.25, 0.3) is 6.08 Å². The van der Waals surface area contributed by atoms with Crippen molar-refractivity contribution in [3.8, 4) is 0 Å². The lowest BCUT2D eigenvalue weighted by atomic mass is 9.95. The van der Waals surface area contributed by atoms with Gasteiger partial charge in [0.1, 0.15) is 0 Å². The predicted molar refractivity (Wildman–Crippen MR) is 108 cm³/mol. The van der Waals surface area contributed by atoms with E-state index in [9.17, 15) is 0 Å². The van der Waals surface area contributed by atoms with Crippen LogP contribution in [0.4, 0.5) is 0 Å². The maximum atomic E-state index is 5.61. The van der Waals surface area contributed by atoms with Gasteiger partial charge in [0.25, 0.3) is 0 Å². The molecule has 0 radical (unpaired) electrons. The summed E-state index contributed by atoms with van der Waals surface area (Å²) in [5.41, 5.74) is 12.3. The average molecular weight is 333 g/mol. The molecular formula is C22H27N3. The first-order valence-electron chi connectivity index (χ1n) is 8.68. The summed E-state index contributed by atoms with van der Waals surface area (Å²) in [4.78, 5) is 9.24. The fraction of sp³-hybridized carbons (Fsp3) is 0.273. The fourth-order valence-electron chi connectivity index (χ4n) is 2.94. The molecule has 0 amide bonds. The van der Waals surface area contributed by atoms with Crippen molar-refractivity contribution in [3.05, 3.63) is 83.3 Å². The van der Waals surface area contributed by atoms with Crippen LogP contribution in [0, 0.1) is 6.92 Å². The molecular weight excluding hydrogens is 306 g/mol. The number of nitrogens with two attached hydrogens (primary N) is 1. The van der Waals surface area contributed by atoms with Crippen LogP contribution < -0.4 is 5.73 Å². The molecule has 0 aliphatic carbocycles. The summed E-state index contributed by atoms with van der Waals surface area (Å²) in [5, 5.41) is 0. The summed E-state index contributed by atoms with van der Waals surface area (Å²) in [6.45, 7) is 10.2. The molecule has 0 bridgehead atoms. The zero-order valence-corrected chi connectivity index (χ0v) is 15.4. The highest BCUT2D eigenvalue weighted by atomic mass is 14.8. The molecule has 130 valence electrons. The molecule has 0 unspecified atom stereocenters. The third-order valence-electron chi connectivity index (χ3n) is 4.07. The molecule has 0 spiro atoms. The highest BCUT2D eigenvalue weighted by Gasteiger charge is 2.10. The summed E-state index contributed by atoms with van der Waals surface area (Å²) in [6.07, 6.45) is 8.92. The Morgan fingerprint density at radius 2 is 1.92 bits per heavy atom. The van der Waals surface area contributed by atoms with Gasteiger partial charge in [-0.05, 0) is 74.2 Å². The van der Waals surface area contributed by atoms with Crippen molar-refractivity contribution in [2.24, 2.45) is 10.7 Å². The summed E-state index contributed by atoms with van der Waals surface area (Å²) in [6, 6.07) is 10.7. The Morgan fingerprint density at radius 3 is 2.60 bits per heavy atom. The molecule has 0 aliphatic heterocycles. The lowest BCUT2D eigenvalue weighted by Gasteiger charge is -2.12. The minimum atomic E-state index is 0.185. The Bertz CT molecular complexity index is 786. The van der Waals surface area contributed by atoms with Gasteiger partial charge >= 0.3 is 0 Å². The van der Waals surface area contributed by atoms with Crippen LogP contribution in [0.5, 0.6) is 0 Å². The summed E-state index contributed by atoms with van der Waals surface area (Å²) >= 11 is 0. The number of aliphatic imine (C=N–C) groups is 1. The molecule has 1 heterocycles. The van der Waals surface area contributed by atoms with E-state index in [1.807, 2.05) is 18.2 Å². The highest BCUT2D eigenvalue weighted by Crippen LogP contribution is 2.19. The number of aromatic nitrogens is 1. The molecule has 2 rings (SSSR count). The van der Waals surface area contributed by atoms with Crippen LogP contribution in [0.15, 0.2) is 60.4 Å². The molecule has 2 N–H and O–H groups in total. The van der Waals surface area contributed by atoms with E-state index >= 15 is 0 Å². The smallest absolute Gasteiger partial charge is 0.0914 e. The van der Waals surface area contributed by atoms with Gasteiger partial charge in [0.15, 0.2) is 0 Å². The minimum Gasteiger partial charge on any atom is -0.405 e. The molecule has 0 fully saturated rings. The highest BCUT2D eigenvalue weighted by molar-refractivity contribution is 6.08. The van der Waals surface area contributed by atoms with E-state index < -0.39 is 0 Å². The van der Waals surface area contributed by atoms with E-state index in [1.165, 1.54) is 28.5 Å². The molecule has 1 aromatic carbocycles. The third-order valence-corrected chi connectivity index (χ3v) is 4.07. The first-order valence-corrected chi connectivity index (χ1v) is 8.68. The van der Waals surface area contributed by atoms with Gasteiger partial charge in [-0.25, -0.2) is 0 Å². The quantitative estimate of drug-likeness (QED) is 0.759. The van der Waals surface area contributed by atoms with E-state index in [4.69, 9.17) is 5.73 Å². The van der Waals surface area contributed by atoms with Gasteiger partial charge < -0.3 is 5.73 Å². The fourth-order valence-corrected chi connectivity index (χ4v) is 2.94. The summed E-state index contributed by atoms with van der Waals surface area (Å²) < 4.78 is 0. The summed E-state index contributed by atoms with van der Waals surface area (Å²) in [5.74, 6) is 0. The Hall–Kier alpha value is -2.68. The molecule has 3 heteroatoms.